The van der Waals surface area contributed by atoms with Crippen LogP contribution in [0.2, 0.25) is 5.04 Å². The molecule has 3 heteroatoms. The fraction of sp³-hybridized carbons (Fsp3) is 0.528. The molecule has 0 aromatic heterocycles. The molecule has 2 saturated carbocycles. The highest BCUT2D eigenvalue weighted by Gasteiger charge is 2.66. The van der Waals surface area contributed by atoms with Crippen molar-refractivity contribution in [1.29, 1.82) is 0 Å². The molecule has 0 saturated heterocycles. The molecular weight excluding hydrogens is 492 g/mol. The summed E-state index contributed by atoms with van der Waals surface area (Å²) in [6, 6.07) is 22.0. The van der Waals surface area contributed by atoms with Gasteiger partial charge in [-0.05, 0) is 70.2 Å². The van der Waals surface area contributed by atoms with E-state index in [1.807, 2.05) is 6.08 Å². The molecule has 3 aliphatic carbocycles. The van der Waals surface area contributed by atoms with Gasteiger partial charge in [0.25, 0.3) is 8.32 Å². The van der Waals surface area contributed by atoms with E-state index in [1.165, 1.54) is 23.2 Å². The van der Waals surface area contributed by atoms with Gasteiger partial charge in [-0.3, -0.25) is 4.79 Å². The van der Waals surface area contributed by atoms with Crippen LogP contribution in [0.25, 0.3) is 0 Å². The highest BCUT2D eigenvalue weighted by Crippen LogP contribution is 2.68. The van der Waals surface area contributed by atoms with E-state index in [-0.39, 0.29) is 21.3 Å². The van der Waals surface area contributed by atoms with Crippen molar-refractivity contribution < 1.29 is 9.22 Å². The van der Waals surface area contributed by atoms with Crippen LogP contribution in [0.3, 0.4) is 0 Å². The first-order valence-corrected chi connectivity index (χ1v) is 17.0. The van der Waals surface area contributed by atoms with Gasteiger partial charge in [0.2, 0.25) is 0 Å². The molecule has 0 N–H and O–H groups in total. The Morgan fingerprint density at radius 2 is 1.59 bits per heavy atom. The Kier molecular flexibility index (Phi) is 7.48. The number of rotatable bonds is 7. The molecule has 0 heterocycles. The standard InChI is InChI=1S/C36H48O2Si/c1-7-22-35-24-15-14-21-30(35)36(26-32(35)37)25-16-23-34(5,6)31(36)27-38-39(33(2,3)4,28-17-10-8-11-18-28)29-19-12-9-13-20-29/h7-15,17-20,30-31H,1,16,21-27H2,2-6H3/t30?,31?,35-,36?/m1/s1. The van der Waals surface area contributed by atoms with Gasteiger partial charge in [-0.2, -0.15) is 0 Å². The molecular formula is C36H48O2Si. The van der Waals surface area contributed by atoms with Crippen molar-refractivity contribution in [3.8, 4) is 0 Å². The van der Waals surface area contributed by atoms with Crippen LogP contribution in [-0.2, 0) is 9.22 Å². The lowest BCUT2D eigenvalue weighted by atomic mass is 9.49. The first-order chi connectivity index (χ1) is 18.5. The van der Waals surface area contributed by atoms with Crippen LogP contribution in [0.5, 0.6) is 0 Å². The lowest BCUT2D eigenvalue weighted by Crippen LogP contribution is -2.67. The Balaban J connectivity index is 1.62. The molecule has 39 heavy (non-hydrogen) atoms. The fourth-order valence-corrected chi connectivity index (χ4v) is 13.7. The third kappa shape index (κ3) is 4.45. The van der Waals surface area contributed by atoms with Gasteiger partial charge >= 0.3 is 0 Å². The molecule has 2 fully saturated rings. The number of carbonyl (C=O) groups is 1. The van der Waals surface area contributed by atoms with Crippen molar-refractivity contribution in [1.82, 2.24) is 0 Å². The van der Waals surface area contributed by atoms with Crippen LogP contribution in [0.4, 0.5) is 0 Å². The van der Waals surface area contributed by atoms with Gasteiger partial charge < -0.3 is 4.43 Å². The number of allylic oxidation sites excluding steroid dienone is 3. The summed E-state index contributed by atoms with van der Waals surface area (Å²) in [6.45, 7) is 16.8. The Morgan fingerprint density at radius 3 is 2.15 bits per heavy atom. The maximum Gasteiger partial charge on any atom is 0.261 e. The summed E-state index contributed by atoms with van der Waals surface area (Å²) in [4.78, 5) is 14.0. The molecule has 2 aromatic carbocycles. The summed E-state index contributed by atoms with van der Waals surface area (Å²) in [6.07, 6.45) is 13.5. The lowest BCUT2D eigenvalue weighted by molar-refractivity contribution is -0.127. The van der Waals surface area contributed by atoms with Crippen LogP contribution in [0.15, 0.2) is 85.5 Å². The van der Waals surface area contributed by atoms with E-state index < -0.39 is 8.32 Å². The number of ketones is 1. The van der Waals surface area contributed by atoms with Crippen molar-refractivity contribution in [3.05, 3.63) is 85.5 Å². The van der Waals surface area contributed by atoms with E-state index >= 15 is 0 Å². The second-order valence-electron chi connectivity index (χ2n) is 14.3. The minimum atomic E-state index is -2.67. The molecule has 2 nitrogen and oxygen atoms in total. The average molecular weight is 541 g/mol. The van der Waals surface area contributed by atoms with Crippen molar-refractivity contribution in [3.63, 3.8) is 0 Å². The van der Waals surface area contributed by atoms with Crippen molar-refractivity contribution in [2.75, 3.05) is 6.61 Å². The summed E-state index contributed by atoms with van der Waals surface area (Å²) in [5.74, 6) is 1.17. The van der Waals surface area contributed by atoms with E-state index in [0.29, 0.717) is 30.6 Å². The van der Waals surface area contributed by atoms with Crippen LogP contribution < -0.4 is 10.4 Å². The molecule has 0 radical (unpaired) electrons. The van der Waals surface area contributed by atoms with E-state index in [9.17, 15) is 4.79 Å². The molecule has 208 valence electrons. The van der Waals surface area contributed by atoms with Gasteiger partial charge in [-0.1, -0.05) is 120 Å². The van der Waals surface area contributed by atoms with Gasteiger partial charge in [0.15, 0.2) is 0 Å². The maximum absolute atomic E-state index is 14.0. The Labute approximate surface area is 238 Å². The van der Waals surface area contributed by atoms with Gasteiger partial charge in [0.05, 0.1) is 0 Å². The molecule has 1 spiro atoms. The first-order valence-electron chi connectivity index (χ1n) is 15.1. The second kappa shape index (κ2) is 10.3. The number of hydrogen-bond acceptors (Lipinski definition) is 2. The molecule has 0 amide bonds. The molecule has 4 atom stereocenters. The zero-order chi connectivity index (χ0) is 27.9. The molecule has 0 bridgehead atoms. The van der Waals surface area contributed by atoms with E-state index in [4.69, 9.17) is 4.43 Å². The number of hydrogen-bond donors (Lipinski definition) is 0. The molecule has 2 aromatic rings. The number of benzene rings is 2. The summed E-state index contributed by atoms with van der Waals surface area (Å²) in [5, 5.41) is 2.60. The zero-order valence-corrected chi connectivity index (χ0v) is 25.8. The largest absolute Gasteiger partial charge is 0.407 e. The highest BCUT2D eigenvalue weighted by atomic mass is 28.4. The van der Waals surface area contributed by atoms with Crippen molar-refractivity contribution >= 4 is 24.5 Å². The lowest BCUT2D eigenvalue weighted by Gasteiger charge is -2.56. The summed E-state index contributed by atoms with van der Waals surface area (Å²) in [5.41, 5.74) is -0.188. The quantitative estimate of drug-likeness (QED) is 0.264. The maximum atomic E-state index is 14.0. The fourth-order valence-electron chi connectivity index (χ4n) is 9.17. The minimum Gasteiger partial charge on any atom is -0.407 e. The summed E-state index contributed by atoms with van der Waals surface area (Å²) < 4.78 is 7.63. The van der Waals surface area contributed by atoms with Crippen LogP contribution in [0, 0.1) is 28.1 Å². The molecule has 3 aliphatic rings. The van der Waals surface area contributed by atoms with Gasteiger partial charge in [0.1, 0.15) is 5.78 Å². The van der Waals surface area contributed by atoms with Crippen molar-refractivity contribution in [2.24, 2.45) is 28.1 Å². The predicted octanol–water partition coefficient (Wildman–Crippen LogP) is 7.88. The smallest absolute Gasteiger partial charge is 0.261 e. The average Bonchev–Trinajstić information content (AvgIpc) is 3.14. The zero-order valence-electron chi connectivity index (χ0n) is 24.8. The van der Waals surface area contributed by atoms with Crippen LogP contribution >= 0.6 is 0 Å². The summed E-state index contributed by atoms with van der Waals surface area (Å²) in [7, 11) is -2.67. The number of carbonyl (C=O) groups excluding carboxylic acids is 1. The first kappa shape index (κ1) is 28.3. The third-order valence-corrected chi connectivity index (χ3v) is 15.9. The van der Waals surface area contributed by atoms with Crippen LogP contribution in [0.1, 0.15) is 79.6 Å². The van der Waals surface area contributed by atoms with E-state index in [1.54, 1.807) is 0 Å². The van der Waals surface area contributed by atoms with E-state index in [2.05, 4.69) is 114 Å². The minimum absolute atomic E-state index is 0.0159. The Hall–Kier alpha value is -2.23. The Morgan fingerprint density at radius 1 is 0.974 bits per heavy atom. The van der Waals surface area contributed by atoms with Crippen LogP contribution in [-0.4, -0.2) is 20.7 Å². The molecule has 0 aliphatic heterocycles. The molecule has 3 unspecified atom stereocenters. The second-order valence-corrected chi connectivity index (χ2v) is 18.6. The Bertz CT molecular complexity index is 1170. The molecule has 5 rings (SSSR count). The number of Topliss-reactive ketones (excluding diaryl/α,β-unsaturated/α-hetero) is 1. The monoisotopic (exact) mass is 540 g/mol. The topological polar surface area (TPSA) is 26.3 Å². The third-order valence-electron chi connectivity index (χ3n) is 10.9. The van der Waals surface area contributed by atoms with Gasteiger partial charge in [-0.15, -0.1) is 6.58 Å². The summed E-state index contributed by atoms with van der Waals surface area (Å²) >= 11 is 0. The highest BCUT2D eigenvalue weighted by molar-refractivity contribution is 6.99. The van der Waals surface area contributed by atoms with Gasteiger partial charge in [-0.25, -0.2) is 0 Å². The van der Waals surface area contributed by atoms with Crippen molar-refractivity contribution in [2.45, 2.75) is 84.6 Å². The SMILES string of the molecule is C=CC[C@@]12CC=CCC1C1(CCCC(C)(C)C1CO[Si](c1ccccc1)(c1ccccc1)C(C)(C)C)CC2=O. The van der Waals surface area contributed by atoms with E-state index in [0.717, 1.165) is 25.7 Å². The van der Waals surface area contributed by atoms with Gasteiger partial charge in [0, 0.05) is 18.4 Å². The number of fused-ring (bicyclic) bond motifs is 2. The normalized spacial score (nSPS) is 30.3. The predicted molar refractivity (Wildman–Crippen MR) is 166 cm³/mol.